The maximum absolute atomic E-state index is 13.3. The van der Waals surface area contributed by atoms with Gasteiger partial charge in [-0.3, -0.25) is 0 Å². The number of aliphatic hydroxyl groups excluding tert-OH is 1. The highest BCUT2D eigenvalue weighted by molar-refractivity contribution is 6.27. The van der Waals surface area contributed by atoms with E-state index in [0.717, 1.165) is 0 Å². The minimum atomic E-state index is -3.68. The second kappa shape index (κ2) is 2.47. The van der Waals surface area contributed by atoms with Crippen LogP contribution in [0, 0.1) is 11.8 Å². The van der Waals surface area contributed by atoms with Crippen molar-refractivity contribution >= 4 is 23.2 Å². The normalized spacial score (nSPS) is 58.6. The van der Waals surface area contributed by atoms with Crippen LogP contribution in [0.5, 0.6) is 0 Å². The van der Waals surface area contributed by atoms with Crippen molar-refractivity contribution in [2.75, 3.05) is 0 Å². The largest absolute Gasteiger partial charge is 0.391 e. The van der Waals surface area contributed by atoms with Gasteiger partial charge in [0.05, 0.1) is 17.4 Å². The minimum absolute atomic E-state index is 0.150. The Kier molecular flexibility index (Phi) is 1.87. The molecule has 2 aliphatic rings. The molecule has 0 heterocycles. The summed E-state index contributed by atoms with van der Waals surface area (Å²) in [5.74, 6) is -6.28. The number of halogens is 5. The monoisotopic (exact) mass is 234 g/mol. The van der Waals surface area contributed by atoms with Crippen molar-refractivity contribution in [1.82, 2.24) is 0 Å². The molecule has 0 unspecified atom stereocenters. The van der Waals surface area contributed by atoms with Crippen molar-refractivity contribution in [3.63, 3.8) is 0 Å². The molecule has 5 atom stereocenters. The van der Waals surface area contributed by atoms with Gasteiger partial charge in [0, 0.05) is 5.92 Å². The Labute approximate surface area is 82.8 Å². The van der Waals surface area contributed by atoms with E-state index < -0.39 is 34.4 Å². The molecule has 0 saturated heterocycles. The lowest BCUT2D eigenvalue weighted by molar-refractivity contribution is -0.158. The lowest BCUT2D eigenvalue weighted by atomic mass is 9.91. The molecular formula is C7H7Cl2F3O. The minimum Gasteiger partial charge on any atom is -0.391 e. The molecule has 6 heteroatoms. The zero-order valence-corrected chi connectivity index (χ0v) is 7.87. The second-order valence-corrected chi connectivity index (χ2v) is 4.68. The average Bonchev–Trinajstić information content (AvgIpc) is 2.36. The van der Waals surface area contributed by atoms with Gasteiger partial charge in [-0.05, 0) is 6.42 Å². The molecule has 2 bridgehead atoms. The summed E-state index contributed by atoms with van der Waals surface area (Å²) in [5, 5.41) is 5.12. The van der Waals surface area contributed by atoms with Crippen molar-refractivity contribution in [1.29, 1.82) is 0 Å². The lowest BCUT2D eigenvalue weighted by Crippen LogP contribution is -2.54. The highest BCUT2D eigenvalue weighted by Crippen LogP contribution is 2.64. The smallest absolute Gasteiger partial charge is 0.300 e. The summed E-state index contributed by atoms with van der Waals surface area (Å²) in [6.45, 7) is 0. The molecule has 2 fully saturated rings. The third-order valence-electron chi connectivity index (χ3n) is 3.01. The van der Waals surface area contributed by atoms with Crippen LogP contribution < -0.4 is 0 Å². The predicted molar refractivity (Wildman–Crippen MR) is 41.9 cm³/mol. The molecular weight excluding hydrogens is 228 g/mol. The van der Waals surface area contributed by atoms with Gasteiger partial charge in [0.15, 0.2) is 0 Å². The summed E-state index contributed by atoms with van der Waals surface area (Å²) in [7, 11) is 0. The fourth-order valence-electron chi connectivity index (χ4n) is 2.21. The average molecular weight is 235 g/mol. The number of aliphatic hydroxyl groups is 1. The summed E-state index contributed by atoms with van der Waals surface area (Å²) in [6, 6.07) is 0. The van der Waals surface area contributed by atoms with Crippen LogP contribution in [0.25, 0.3) is 0 Å². The van der Waals surface area contributed by atoms with E-state index in [1.807, 2.05) is 0 Å². The Morgan fingerprint density at radius 1 is 1.23 bits per heavy atom. The van der Waals surface area contributed by atoms with Crippen LogP contribution >= 0.6 is 23.2 Å². The van der Waals surface area contributed by atoms with E-state index in [9.17, 15) is 18.3 Å². The highest BCUT2D eigenvalue weighted by atomic mass is 35.5. The van der Waals surface area contributed by atoms with Crippen molar-refractivity contribution in [2.24, 2.45) is 11.8 Å². The van der Waals surface area contributed by atoms with Crippen LogP contribution in [-0.2, 0) is 0 Å². The molecule has 0 aromatic rings. The molecule has 2 saturated carbocycles. The molecule has 13 heavy (non-hydrogen) atoms. The van der Waals surface area contributed by atoms with Gasteiger partial charge in [0.2, 0.25) is 0 Å². The van der Waals surface area contributed by atoms with Crippen LogP contribution in [0.15, 0.2) is 0 Å². The van der Waals surface area contributed by atoms with E-state index in [4.69, 9.17) is 23.2 Å². The fourth-order valence-corrected chi connectivity index (χ4v) is 3.09. The van der Waals surface area contributed by atoms with Crippen LogP contribution in [0.2, 0.25) is 0 Å². The van der Waals surface area contributed by atoms with E-state index in [0.29, 0.717) is 0 Å². The van der Waals surface area contributed by atoms with Gasteiger partial charge in [-0.1, -0.05) is 11.6 Å². The van der Waals surface area contributed by atoms with E-state index in [-0.39, 0.29) is 6.42 Å². The Balaban J connectivity index is 2.40. The van der Waals surface area contributed by atoms with E-state index in [1.54, 1.807) is 0 Å². The molecule has 76 valence electrons. The Morgan fingerprint density at radius 2 is 1.77 bits per heavy atom. The molecule has 1 N–H and O–H groups in total. The fraction of sp³-hybridized carbons (Fsp3) is 1.00. The standard InChI is InChI=1S/C7H7Cl2F3O/c8-4-2-1-3(5(4)13)7(11,12)6(2,9)10/h2-5,13H,1H2/t2-,3+,4-,5+,6+/m1/s1. The summed E-state index contributed by atoms with van der Waals surface area (Å²) in [4.78, 5) is 0. The molecule has 0 radical (unpaired) electrons. The topological polar surface area (TPSA) is 20.2 Å². The van der Waals surface area contributed by atoms with Gasteiger partial charge in [0.1, 0.15) is 0 Å². The zero-order valence-electron chi connectivity index (χ0n) is 6.35. The maximum Gasteiger partial charge on any atom is 0.300 e. The Hall–Kier alpha value is 0.330. The first-order chi connectivity index (χ1) is 5.80. The first kappa shape index (κ1) is 9.87. The second-order valence-electron chi connectivity index (χ2n) is 3.63. The number of hydrogen-bond acceptors (Lipinski definition) is 1. The molecule has 0 aliphatic heterocycles. The van der Waals surface area contributed by atoms with E-state index in [2.05, 4.69) is 0 Å². The van der Waals surface area contributed by atoms with Crippen LogP contribution in [0.3, 0.4) is 0 Å². The quantitative estimate of drug-likeness (QED) is 0.637. The SMILES string of the molecule is O[C@@H]1[C@H](Cl)[C@H]2C[C@@H]1C(F)(F)[C@]2(F)Cl. The van der Waals surface area contributed by atoms with Crippen molar-refractivity contribution in [2.45, 2.75) is 29.0 Å². The van der Waals surface area contributed by atoms with Gasteiger partial charge in [-0.25, -0.2) is 13.2 Å². The third kappa shape index (κ3) is 0.944. The zero-order chi connectivity index (χ0) is 10.0. The van der Waals surface area contributed by atoms with Crippen LogP contribution in [0.1, 0.15) is 6.42 Å². The molecule has 2 aliphatic carbocycles. The van der Waals surface area contributed by atoms with Crippen LogP contribution in [0.4, 0.5) is 13.2 Å². The summed E-state index contributed by atoms with van der Waals surface area (Å²) in [6.07, 6.45) is -1.51. The number of fused-ring (bicyclic) bond motifs is 2. The van der Waals surface area contributed by atoms with Gasteiger partial charge in [-0.2, -0.15) is 0 Å². The Morgan fingerprint density at radius 3 is 2.15 bits per heavy atom. The van der Waals surface area contributed by atoms with Gasteiger partial charge in [0.25, 0.3) is 5.13 Å². The molecule has 1 nitrogen and oxygen atoms in total. The third-order valence-corrected chi connectivity index (χ3v) is 4.10. The summed E-state index contributed by atoms with van der Waals surface area (Å²) < 4.78 is 39.6. The molecule has 2 rings (SSSR count). The summed E-state index contributed by atoms with van der Waals surface area (Å²) >= 11 is 10.7. The van der Waals surface area contributed by atoms with Gasteiger partial charge < -0.3 is 5.11 Å². The first-order valence-corrected chi connectivity index (χ1v) is 4.69. The van der Waals surface area contributed by atoms with Gasteiger partial charge >= 0.3 is 5.92 Å². The van der Waals surface area contributed by atoms with Gasteiger partial charge in [-0.15, -0.1) is 11.6 Å². The van der Waals surface area contributed by atoms with Crippen molar-refractivity contribution in [3.8, 4) is 0 Å². The number of hydrogen-bond donors (Lipinski definition) is 1. The number of alkyl halides is 5. The van der Waals surface area contributed by atoms with Crippen LogP contribution in [-0.4, -0.2) is 27.6 Å². The molecule has 0 amide bonds. The molecule has 0 spiro atoms. The lowest BCUT2D eigenvalue weighted by Gasteiger charge is -2.36. The van der Waals surface area contributed by atoms with E-state index >= 15 is 0 Å². The van der Waals surface area contributed by atoms with Crippen molar-refractivity contribution < 1.29 is 18.3 Å². The first-order valence-electron chi connectivity index (χ1n) is 3.88. The van der Waals surface area contributed by atoms with E-state index in [1.165, 1.54) is 0 Å². The molecule has 0 aromatic heterocycles. The maximum atomic E-state index is 13.3. The Bertz CT molecular complexity index is 222. The predicted octanol–water partition coefficient (Wildman–Crippen LogP) is 2.14. The van der Waals surface area contributed by atoms with Crippen molar-refractivity contribution in [3.05, 3.63) is 0 Å². The molecule has 0 aromatic carbocycles. The highest BCUT2D eigenvalue weighted by Gasteiger charge is 2.76. The summed E-state index contributed by atoms with van der Waals surface area (Å²) in [5.41, 5.74) is 0. The number of rotatable bonds is 0.